The summed E-state index contributed by atoms with van der Waals surface area (Å²) in [5.41, 5.74) is 2.10. The van der Waals surface area contributed by atoms with Crippen molar-refractivity contribution in [3.8, 4) is 16.9 Å². The summed E-state index contributed by atoms with van der Waals surface area (Å²) in [6.07, 6.45) is 1.23. The Morgan fingerprint density at radius 2 is 1.73 bits per heavy atom. The lowest BCUT2D eigenvalue weighted by molar-refractivity contribution is -0.384. The van der Waals surface area contributed by atoms with E-state index in [2.05, 4.69) is 15.0 Å². The maximum atomic E-state index is 13.6. The van der Waals surface area contributed by atoms with Crippen LogP contribution in [0.2, 0.25) is 0 Å². The van der Waals surface area contributed by atoms with Gasteiger partial charge in [0.1, 0.15) is 10.6 Å². The van der Waals surface area contributed by atoms with Gasteiger partial charge in [-0.1, -0.05) is 48.5 Å². The molecule has 1 atom stereocenters. The summed E-state index contributed by atoms with van der Waals surface area (Å²) in [7, 11) is -1.59. The topological polar surface area (TPSA) is 150 Å². The molecule has 0 saturated carbocycles. The van der Waals surface area contributed by atoms with E-state index in [0.29, 0.717) is 22.4 Å². The van der Waals surface area contributed by atoms with Crippen LogP contribution in [0, 0.1) is 10.1 Å². The van der Waals surface area contributed by atoms with Crippen molar-refractivity contribution < 1.29 is 27.6 Å². The van der Waals surface area contributed by atoms with Crippen LogP contribution in [0.25, 0.3) is 11.1 Å². The van der Waals surface area contributed by atoms with Crippen molar-refractivity contribution in [1.82, 2.24) is 9.71 Å². The van der Waals surface area contributed by atoms with E-state index in [1.807, 2.05) is 0 Å². The molecule has 4 aromatic rings. The molecule has 0 bridgehead atoms. The third kappa shape index (κ3) is 6.60. The normalized spacial score (nSPS) is 11.8. The van der Waals surface area contributed by atoms with Crippen LogP contribution < -0.4 is 14.8 Å². The molecule has 11 nitrogen and oxygen atoms in total. The molecular weight excluding hydrogens is 536 g/mol. The number of sulfonamides is 1. The van der Waals surface area contributed by atoms with Crippen molar-refractivity contribution in [2.75, 3.05) is 19.5 Å². The van der Waals surface area contributed by atoms with Crippen LogP contribution in [0.4, 0.5) is 17.2 Å². The summed E-state index contributed by atoms with van der Waals surface area (Å²) in [5.74, 6) is -0.390. The highest BCUT2D eigenvalue weighted by atomic mass is 32.2. The second kappa shape index (κ2) is 12.4. The van der Waals surface area contributed by atoms with E-state index in [4.69, 9.17) is 9.47 Å². The predicted molar refractivity (Wildman–Crippen MR) is 149 cm³/mol. The van der Waals surface area contributed by atoms with Gasteiger partial charge in [0.05, 0.1) is 31.6 Å². The lowest BCUT2D eigenvalue weighted by atomic mass is 10.0. The Morgan fingerprint density at radius 1 is 0.975 bits per heavy atom. The molecule has 0 aliphatic carbocycles. The smallest absolute Gasteiger partial charge is 0.311 e. The molecule has 0 unspecified atom stereocenters. The molecule has 0 amide bonds. The molecule has 0 radical (unpaired) electrons. The maximum Gasteiger partial charge on any atom is 0.311 e. The van der Waals surface area contributed by atoms with Gasteiger partial charge in [0, 0.05) is 18.0 Å². The van der Waals surface area contributed by atoms with Crippen LogP contribution >= 0.6 is 0 Å². The lowest BCUT2D eigenvalue weighted by Crippen LogP contribution is -2.31. The maximum absolute atomic E-state index is 13.6. The van der Waals surface area contributed by atoms with Gasteiger partial charge < -0.3 is 14.8 Å². The zero-order valence-electron chi connectivity index (χ0n) is 21.6. The fraction of sp³-hybridized carbons (Fsp3) is 0.143. The van der Waals surface area contributed by atoms with E-state index in [9.17, 15) is 23.3 Å². The number of nitro groups is 1. The second-order valence-electron chi connectivity index (χ2n) is 8.56. The first-order valence-corrected chi connectivity index (χ1v) is 13.5. The van der Waals surface area contributed by atoms with Crippen LogP contribution in [0.1, 0.15) is 18.0 Å². The van der Waals surface area contributed by atoms with Crippen molar-refractivity contribution >= 4 is 33.2 Å². The van der Waals surface area contributed by atoms with Crippen LogP contribution in [-0.4, -0.2) is 38.5 Å². The van der Waals surface area contributed by atoms with E-state index in [-0.39, 0.29) is 28.6 Å². The molecule has 3 aromatic carbocycles. The number of carbonyl (C=O) groups is 1. The SMILES string of the molecule is COC(=O)C[C@@H](NS(=O)(=O)c1cc(-c2cccc(Nc3ncccc3[N+](=O)[O-])c2)ccc1OC)c1ccccc1. The highest BCUT2D eigenvalue weighted by Gasteiger charge is 2.27. The van der Waals surface area contributed by atoms with E-state index >= 15 is 0 Å². The lowest BCUT2D eigenvalue weighted by Gasteiger charge is -2.20. The number of nitrogens with one attached hydrogen (secondary N) is 2. The minimum atomic E-state index is -4.19. The van der Waals surface area contributed by atoms with Crippen LogP contribution in [0.3, 0.4) is 0 Å². The molecule has 0 saturated heterocycles. The first-order valence-electron chi connectivity index (χ1n) is 12.0. The largest absolute Gasteiger partial charge is 0.495 e. The minimum Gasteiger partial charge on any atom is -0.495 e. The number of esters is 1. The van der Waals surface area contributed by atoms with Crippen molar-refractivity contribution in [2.24, 2.45) is 0 Å². The number of hydrogen-bond acceptors (Lipinski definition) is 9. The molecule has 0 aliphatic heterocycles. The van der Waals surface area contributed by atoms with Gasteiger partial charge in [-0.25, -0.2) is 18.1 Å². The number of hydrogen-bond donors (Lipinski definition) is 2. The average molecular weight is 563 g/mol. The molecule has 12 heteroatoms. The zero-order chi connectivity index (χ0) is 28.7. The molecule has 1 aromatic heterocycles. The Balaban J connectivity index is 1.68. The third-order valence-corrected chi connectivity index (χ3v) is 7.49. The number of nitrogens with zero attached hydrogens (tertiary/aromatic N) is 2. The number of methoxy groups -OCH3 is 2. The van der Waals surface area contributed by atoms with Crippen molar-refractivity contribution in [1.29, 1.82) is 0 Å². The zero-order valence-corrected chi connectivity index (χ0v) is 22.4. The van der Waals surface area contributed by atoms with Gasteiger partial charge in [-0.05, 0) is 47.0 Å². The number of carbonyl (C=O) groups excluding carboxylic acids is 1. The van der Waals surface area contributed by atoms with Gasteiger partial charge in [-0.2, -0.15) is 0 Å². The number of rotatable bonds is 11. The van der Waals surface area contributed by atoms with Crippen molar-refractivity contribution in [2.45, 2.75) is 17.4 Å². The van der Waals surface area contributed by atoms with E-state index in [1.165, 1.54) is 44.7 Å². The molecular formula is C28H26N4O7S. The number of benzene rings is 3. The molecule has 206 valence electrons. The van der Waals surface area contributed by atoms with Gasteiger partial charge in [0.25, 0.3) is 0 Å². The number of aromatic nitrogens is 1. The Labute approximate surface area is 231 Å². The molecule has 0 fully saturated rings. The average Bonchev–Trinajstić information content (AvgIpc) is 2.97. The quantitative estimate of drug-likeness (QED) is 0.146. The summed E-state index contributed by atoms with van der Waals surface area (Å²) in [6, 6.07) is 22.3. The standard InChI is InChI=1S/C28H26N4O7S/c1-38-25-14-13-21(20-10-6-11-22(16-20)30-28-24(32(34)35)12-7-15-29-28)17-26(25)40(36,37)31-23(18-27(33)39-2)19-8-4-3-5-9-19/h3-17,23,31H,18H2,1-2H3,(H,29,30)/t23-/m1/s1. The Kier molecular flexibility index (Phi) is 8.72. The molecule has 0 aliphatic rings. The first kappa shape index (κ1) is 28.2. The van der Waals surface area contributed by atoms with Gasteiger partial charge in [-0.3, -0.25) is 14.9 Å². The molecule has 4 rings (SSSR count). The molecule has 40 heavy (non-hydrogen) atoms. The monoisotopic (exact) mass is 562 g/mol. The fourth-order valence-corrected chi connectivity index (χ4v) is 5.45. The number of ether oxygens (including phenoxy) is 2. The highest BCUT2D eigenvalue weighted by Crippen LogP contribution is 2.33. The predicted octanol–water partition coefficient (Wildman–Crippen LogP) is 4.99. The van der Waals surface area contributed by atoms with E-state index < -0.39 is 27.0 Å². The van der Waals surface area contributed by atoms with Crippen molar-refractivity contribution in [3.63, 3.8) is 0 Å². The fourth-order valence-electron chi connectivity index (χ4n) is 4.03. The minimum absolute atomic E-state index is 0.0735. The van der Waals surface area contributed by atoms with Crippen LogP contribution in [0.15, 0.2) is 96.0 Å². The summed E-state index contributed by atoms with van der Waals surface area (Å²) in [6.45, 7) is 0. The molecule has 2 N–H and O–H groups in total. The highest BCUT2D eigenvalue weighted by molar-refractivity contribution is 7.89. The number of pyridine rings is 1. The Morgan fingerprint density at radius 3 is 2.42 bits per heavy atom. The summed E-state index contributed by atoms with van der Waals surface area (Å²) < 4.78 is 40.0. The first-order chi connectivity index (χ1) is 19.2. The van der Waals surface area contributed by atoms with Crippen molar-refractivity contribution in [3.05, 3.63) is 107 Å². The summed E-state index contributed by atoms with van der Waals surface area (Å²) in [5, 5.41) is 14.3. The van der Waals surface area contributed by atoms with Gasteiger partial charge >= 0.3 is 11.7 Å². The summed E-state index contributed by atoms with van der Waals surface area (Å²) >= 11 is 0. The van der Waals surface area contributed by atoms with Crippen LogP contribution in [-0.2, 0) is 19.6 Å². The van der Waals surface area contributed by atoms with E-state index in [0.717, 1.165) is 0 Å². The Bertz CT molecular complexity index is 1630. The van der Waals surface area contributed by atoms with Gasteiger partial charge in [0.15, 0.2) is 0 Å². The van der Waals surface area contributed by atoms with Gasteiger partial charge in [-0.15, -0.1) is 0 Å². The summed E-state index contributed by atoms with van der Waals surface area (Å²) in [4.78, 5) is 26.8. The second-order valence-corrected chi connectivity index (χ2v) is 10.2. The number of anilines is 2. The Hall–Kier alpha value is -4.81. The molecule has 0 spiro atoms. The van der Waals surface area contributed by atoms with Gasteiger partial charge in [0.2, 0.25) is 15.8 Å². The van der Waals surface area contributed by atoms with E-state index in [1.54, 1.807) is 60.7 Å². The van der Waals surface area contributed by atoms with Crippen LogP contribution in [0.5, 0.6) is 5.75 Å². The third-order valence-electron chi connectivity index (χ3n) is 5.99. The molecule has 1 heterocycles.